The van der Waals surface area contributed by atoms with Gasteiger partial charge in [-0.05, 0) is 33.1 Å². The summed E-state index contributed by atoms with van der Waals surface area (Å²) in [6.07, 6.45) is 4.07. The van der Waals surface area contributed by atoms with Crippen molar-refractivity contribution >= 4 is 5.78 Å². The molecule has 0 aromatic carbocycles. The zero-order valence-electron chi connectivity index (χ0n) is 9.80. The van der Waals surface area contributed by atoms with Crippen LogP contribution in [0.5, 0.6) is 0 Å². The Morgan fingerprint density at radius 1 is 1.57 bits per heavy atom. The fourth-order valence-electron chi connectivity index (χ4n) is 2.12. The van der Waals surface area contributed by atoms with E-state index in [1.165, 1.54) is 0 Å². The van der Waals surface area contributed by atoms with Crippen molar-refractivity contribution in [1.82, 2.24) is 0 Å². The average Bonchev–Trinajstić information content (AvgIpc) is 2.44. The molecule has 2 heteroatoms. The van der Waals surface area contributed by atoms with Crippen molar-refractivity contribution in [2.24, 2.45) is 5.92 Å². The highest BCUT2D eigenvalue weighted by Gasteiger charge is 2.32. The lowest BCUT2D eigenvalue weighted by Crippen LogP contribution is -2.23. The number of rotatable bonds is 4. The van der Waals surface area contributed by atoms with E-state index in [-0.39, 0.29) is 11.5 Å². The zero-order valence-corrected chi connectivity index (χ0v) is 9.80. The molecule has 14 heavy (non-hydrogen) atoms. The Morgan fingerprint density at radius 2 is 2.21 bits per heavy atom. The average molecular weight is 198 g/mol. The summed E-state index contributed by atoms with van der Waals surface area (Å²) >= 11 is 0. The van der Waals surface area contributed by atoms with E-state index in [1.54, 1.807) is 0 Å². The molecule has 2 unspecified atom stereocenters. The van der Waals surface area contributed by atoms with Gasteiger partial charge in [0.25, 0.3) is 0 Å². The lowest BCUT2D eigenvalue weighted by atomic mass is 9.95. The number of carbonyl (C=O) groups excluding carboxylic acids is 1. The fraction of sp³-hybridized carbons (Fsp3) is 0.917. The minimum Gasteiger partial charge on any atom is -0.372 e. The maximum absolute atomic E-state index is 11.4. The predicted octanol–water partition coefficient (Wildman–Crippen LogP) is 2.95. The highest BCUT2D eigenvalue weighted by atomic mass is 16.5. The smallest absolute Gasteiger partial charge is 0.135 e. The number of Topliss-reactive ketones (excluding diaryl/α,β-unsaturated/α-hetero) is 1. The number of hydrogen-bond donors (Lipinski definition) is 0. The Labute approximate surface area is 87.0 Å². The molecular weight excluding hydrogens is 176 g/mol. The normalized spacial score (nSPS) is 27.6. The zero-order chi connectivity index (χ0) is 10.8. The summed E-state index contributed by atoms with van der Waals surface area (Å²) < 4.78 is 5.86. The minimum absolute atomic E-state index is 0.0274. The molecule has 0 saturated carbocycles. The van der Waals surface area contributed by atoms with E-state index in [2.05, 4.69) is 13.8 Å². The van der Waals surface area contributed by atoms with E-state index in [0.29, 0.717) is 18.3 Å². The quantitative estimate of drug-likeness (QED) is 0.694. The SMILES string of the molecule is CCC(=O)C(C)CC1CCC(C)(C)O1. The van der Waals surface area contributed by atoms with Crippen molar-refractivity contribution in [1.29, 1.82) is 0 Å². The second-order valence-corrected chi connectivity index (χ2v) is 4.99. The Balaban J connectivity index is 2.36. The summed E-state index contributed by atoms with van der Waals surface area (Å²) in [5.41, 5.74) is 0.0274. The third-order valence-electron chi connectivity index (χ3n) is 3.07. The predicted molar refractivity (Wildman–Crippen MR) is 57.3 cm³/mol. The molecule has 0 radical (unpaired) electrons. The van der Waals surface area contributed by atoms with Crippen LogP contribution in [0.4, 0.5) is 0 Å². The number of ketones is 1. The molecule has 2 nitrogen and oxygen atoms in total. The Hall–Kier alpha value is -0.370. The monoisotopic (exact) mass is 198 g/mol. The molecule has 0 bridgehead atoms. The summed E-state index contributed by atoms with van der Waals surface area (Å²) in [5, 5.41) is 0. The second-order valence-electron chi connectivity index (χ2n) is 4.99. The topological polar surface area (TPSA) is 26.3 Å². The minimum atomic E-state index is 0.0274. The first-order chi connectivity index (χ1) is 6.44. The lowest BCUT2D eigenvalue weighted by molar-refractivity contribution is -0.123. The third-order valence-corrected chi connectivity index (χ3v) is 3.07. The molecule has 1 fully saturated rings. The molecular formula is C12H22O2. The van der Waals surface area contributed by atoms with Gasteiger partial charge in [-0.2, -0.15) is 0 Å². The lowest BCUT2D eigenvalue weighted by Gasteiger charge is -2.20. The van der Waals surface area contributed by atoms with Crippen LogP contribution >= 0.6 is 0 Å². The molecule has 0 aromatic heterocycles. The van der Waals surface area contributed by atoms with Crippen molar-refractivity contribution in [3.63, 3.8) is 0 Å². The first-order valence-corrected chi connectivity index (χ1v) is 5.65. The van der Waals surface area contributed by atoms with E-state index in [9.17, 15) is 4.79 Å². The molecule has 0 spiro atoms. The summed E-state index contributed by atoms with van der Waals surface area (Å²) in [5.74, 6) is 0.525. The number of carbonyl (C=O) groups is 1. The van der Waals surface area contributed by atoms with Crippen LogP contribution in [-0.2, 0) is 9.53 Å². The van der Waals surface area contributed by atoms with E-state index in [1.807, 2.05) is 13.8 Å². The van der Waals surface area contributed by atoms with Crippen LogP contribution in [0.15, 0.2) is 0 Å². The highest BCUT2D eigenvalue weighted by Crippen LogP contribution is 2.32. The van der Waals surface area contributed by atoms with Crippen molar-refractivity contribution in [3.8, 4) is 0 Å². The summed E-state index contributed by atoms with van der Waals surface area (Å²) in [7, 11) is 0. The first-order valence-electron chi connectivity index (χ1n) is 5.65. The van der Waals surface area contributed by atoms with Crippen LogP contribution in [0.2, 0.25) is 0 Å². The summed E-state index contributed by atoms with van der Waals surface area (Å²) in [4.78, 5) is 11.4. The van der Waals surface area contributed by atoms with Gasteiger partial charge in [-0.15, -0.1) is 0 Å². The molecule has 1 rings (SSSR count). The fourth-order valence-corrected chi connectivity index (χ4v) is 2.12. The Morgan fingerprint density at radius 3 is 2.64 bits per heavy atom. The molecule has 1 aliphatic heterocycles. The number of ether oxygens (including phenoxy) is 1. The van der Waals surface area contributed by atoms with Crippen molar-refractivity contribution in [2.75, 3.05) is 0 Å². The molecule has 82 valence electrons. The van der Waals surface area contributed by atoms with E-state index in [0.717, 1.165) is 19.3 Å². The van der Waals surface area contributed by atoms with Crippen LogP contribution < -0.4 is 0 Å². The van der Waals surface area contributed by atoms with Crippen LogP contribution in [0.25, 0.3) is 0 Å². The molecule has 1 heterocycles. The van der Waals surface area contributed by atoms with Gasteiger partial charge in [-0.1, -0.05) is 13.8 Å². The van der Waals surface area contributed by atoms with Gasteiger partial charge in [0.1, 0.15) is 5.78 Å². The first kappa shape index (κ1) is 11.7. The van der Waals surface area contributed by atoms with Crippen LogP contribution in [0, 0.1) is 5.92 Å². The van der Waals surface area contributed by atoms with Crippen molar-refractivity contribution < 1.29 is 9.53 Å². The largest absolute Gasteiger partial charge is 0.372 e. The molecule has 0 N–H and O–H groups in total. The van der Waals surface area contributed by atoms with E-state index < -0.39 is 0 Å². The van der Waals surface area contributed by atoms with Gasteiger partial charge in [0, 0.05) is 12.3 Å². The number of hydrogen-bond acceptors (Lipinski definition) is 2. The van der Waals surface area contributed by atoms with E-state index in [4.69, 9.17) is 4.74 Å². The summed E-state index contributed by atoms with van der Waals surface area (Å²) in [6, 6.07) is 0. The van der Waals surface area contributed by atoms with Crippen molar-refractivity contribution in [2.45, 2.75) is 65.1 Å². The van der Waals surface area contributed by atoms with Gasteiger partial charge in [-0.25, -0.2) is 0 Å². The maximum atomic E-state index is 11.4. The molecule has 0 aromatic rings. The maximum Gasteiger partial charge on any atom is 0.135 e. The third kappa shape index (κ3) is 3.09. The molecule has 0 aliphatic carbocycles. The van der Waals surface area contributed by atoms with Gasteiger partial charge in [0.2, 0.25) is 0 Å². The van der Waals surface area contributed by atoms with Crippen LogP contribution in [0.1, 0.15) is 53.4 Å². The van der Waals surface area contributed by atoms with Gasteiger partial charge in [-0.3, -0.25) is 4.79 Å². The van der Waals surface area contributed by atoms with Gasteiger partial charge in [0.05, 0.1) is 11.7 Å². The highest BCUT2D eigenvalue weighted by molar-refractivity contribution is 5.80. The standard InChI is InChI=1S/C12H22O2/c1-5-11(13)9(2)8-10-6-7-12(3,4)14-10/h9-10H,5-8H2,1-4H3. The van der Waals surface area contributed by atoms with Crippen molar-refractivity contribution in [3.05, 3.63) is 0 Å². The van der Waals surface area contributed by atoms with Gasteiger partial charge in [0.15, 0.2) is 0 Å². The van der Waals surface area contributed by atoms with Crippen LogP contribution in [-0.4, -0.2) is 17.5 Å². The second kappa shape index (κ2) is 4.43. The van der Waals surface area contributed by atoms with Crippen LogP contribution in [0.3, 0.4) is 0 Å². The molecule has 2 atom stereocenters. The Kier molecular flexibility index (Phi) is 3.71. The summed E-state index contributed by atoms with van der Waals surface area (Å²) in [6.45, 7) is 8.19. The van der Waals surface area contributed by atoms with E-state index >= 15 is 0 Å². The van der Waals surface area contributed by atoms with Gasteiger partial charge >= 0.3 is 0 Å². The molecule has 1 saturated heterocycles. The Bertz CT molecular complexity index is 208. The molecule has 1 aliphatic rings. The molecule has 0 amide bonds. The van der Waals surface area contributed by atoms with Gasteiger partial charge < -0.3 is 4.74 Å².